The SMILES string of the molecule is Cc1nc2ccc(CC(=O)N[C@@H]3C[C@H]4CO[C@@H](c5ccccc5)CN4C3)cc2[nH]1. The number of aryl methyl sites for hydroxylation is 1. The molecule has 0 aliphatic carbocycles. The predicted molar refractivity (Wildman–Crippen MR) is 112 cm³/mol. The molecule has 0 spiro atoms. The Morgan fingerprint density at radius 1 is 1.24 bits per heavy atom. The summed E-state index contributed by atoms with van der Waals surface area (Å²) in [7, 11) is 0. The van der Waals surface area contributed by atoms with Gasteiger partial charge in [-0.1, -0.05) is 36.4 Å². The van der Waals surface area contributed by atoms with Gasteiger partial charge in [0.1, 0.15) is 5.82 Å². The molecule has 150 valence electrons. The van der Waals surface area contributed by atoms with Crippen LogP contribution >= 0.6 is 0 Å². The smallest absolute Gasteiger partial charge is 0.224 e. The number of hydrogen-bond acceptors (Lipinski definition) is 4. The first-order valence-corrected chi connectivity index (χ1v) is 10.3. The predicted octanol–water partition coefficient (Wildman–Crippen LogP) is 2.74. The zero-order valence-electron chi connectivity index (χ0n) is 16.6. The molecule has 2 aliphatic rings. The van der Waals surface area contributed by atoms with Crippen LogP contribution in [0.2, 0.25) is 0 Å². The molecule has 6 heteroatoms. The minimum atomic E-state index is 0.0750. The van der Waals surface area contributed by atoms with Crippen molar-refractivity contribution in [2.24, 2.45) is 0 Å². The maximum absolute atomic E-state index is 12.6. The molecule has 1 aromatic heterocycles. The highest BCUT2D eigenvalue weighted by atomic mass is 16.5. The molecule has 3 aromatic rings. The number of nitrogens with zero attached hydrogens (tertiary/aromatic N) is 2. The van der Waals surface area contributed by atoms with Crippen molar-refractivity contribution in [1.29, 1.82) is 0 Å². The lowest BCUT2D eigenvalue weighted by molar-refractivity contribution is -0.121. The molecule has 2 aromatic carbocycles. The Hall–Kier alpha value is -2.70. The topological polar surface area (TPSA) is 70.2 Å². The van der Waals surface area contributed by atoms with Gasteiger partial charge in [-0.25, -0.2) is 4.98 Å². The van der Waals surface area contributed by atoms with Crippen LogP contribution in [0.5, 0.6) is 0 Å². The molecule has 6 nitrogen and oxygen atoms in total. The number of rotatable bonds is 4. The number of fused-ring (bicyclic) bond motifs is 2. The van der Waals surface area contributed by atoms with Gasteiger partial charge in [0.15, 0.2) is 0 Å². The molecule has 0 bridgehead atoms. The number of nitrogens with one attached hydrogen (secondary N) is 2. The second-order valence-electron chi connectivity index (χ2n) is 8.19. The average Bonchev–Trinajstić information content (AvgIpc) is 3.29. The van der Waals surface area contributed by atoms with Crippen LogP contribution in [0.4, 0.5) is 0 Å². The summed E-state index contributed by atoms with van der Waals surface area (Å²) in [6, 6.07) is 16.9. The van der Waals surface area contributed by atoms with Crippen LogP contribution < -0.4 is 5.32 Å². The zero-order chi connectivity index (χ0) is 19.8. The van der Waals surface area contributed by atoms with Gasteiger partial charge in [-0.05, 0) is 36.6 Å². The Balaban J connectivity index is 1.18. The second-order valence-corrected chi connectivity index (χ2v) is 8.19. The van der Waals surface area contributed by atoms with Gasteiger partial charge in [0.2, 0.25) is 5.91 Å². The fourth-order valence-electron chi connectivity index (χ4n) is 4.61. The number of amides is 1. The third-order valence-electron chi connectivity index (χ3n) is 5.98. The van der Waals surface area contributed by atoms with E-state index in [4.69, 9.17) is 4.74 Å². The number of ether oxygens (including phenoxy) is 1. The van der Waals surface area contributed by atoms with Crippen molar-refractivity contribution in [2.75, 3.05) is 19.7 Å². The normalized spacial score (nSPS) is 24.5. The van der Waals surface area contributed by atoms with E-state index in [1.807, 2.05) is 31.2 Å². The Kier molecular flexibility index (Phi) is 4.81. The summed E-state index contributed by atoms with van der Waals surface area (Å²) in [6.45, 7) is 4.44. The lowest BCUT2D eigenvalue weighted by atomic mass is 10.1. The fraction of sp³-hybridized carbons (Fsp3) is 0.391. The van der Waals surface area contributed by atoms with Crippen molar-refractivity contribution in [3.63, 3.8) is 0 Å². The molecule has 2 N–H and O–H groups in total. The van der Waals surface area contributed by atoms with Gasteiger partial charge in [0.05, 0.1) is 30.2 Å². The Bertz CT molecular complexity index is 1020. The van der Waals surface area contributed by atoms with Crippen LogP contribution in [0, 0.1) is 6.92 Å². The van der Waals surface area contributed by atoms with Gasteiger partial charge in [-0.15, -0.1) is 0 Å². The van der Waals surface area contributed by atoms with Crippen molar-refractivity contribution in [1.82, 2.24) is 20.2 Å². The van der Waals surface area contributed by atoms with Crippen LogP contribution in [-0.4, -0.2) is 52.6 Å². The van der Waals surface area contributed by atoms with Gasteiger partial charge in [-0.2, -0.15) is 0 Å². The highest BCUT2D eigenvalue weighted by Gasteiger charge is 2.38. The van der Waals surface area contributed by atoms with E-state index in [0.717, 1.165) is 48.5 Å². The van der Waals surface area contributed by atoms with Crippen molar-refractivity contribution < 1.29 is 9.53 Å². The van der Waals surface area contributed by atoms with Crippen LogP contribution in [0.3, 0.4) is 0 Å². The van der Waals surface area contributed by atoms with Crippen molar-refractivity contribution in [2.45, 2.75) is 38.0 Å². The van der Waals surface area contributed by atoms with E-state index in [-0.39, 0.29) is 18.1 Å². The number of aromatic nitrogens is 2. The van der Waals surface area contributed by atoms with Crippen LogP contribution in [0.15, 0.2) is 48.5 Å². The molecule has 1 amide bonds. The van der Waals surface area contributed by atoms with Crippen molar-refractivity contribution in [3.8, 4) is 0 Å². The van der Waals surface area contributed by atoms with Gasteiger partial charge < -0.3 is 15.0 Å². The largest absolute Gasteiger partial charge is 0.371 e. The first kappa shape index (κ1) is 18.3. The summed E-state index contributed by atoms with van der Waals surface area (Å²) >= 11 is 0. The first-order chi connectivity index (χ1) is 14.1. The number of carbonyl (C=O) groups excluding carboxylic acids is 1. The maximum atomic E-state index is 12.6. The van der Waals surface area contributed by atoms with E-state index in [2.05, 4.69) is 44.5 Å². The monoisotopic (exact) mass is 390 g/mol. The highest BCUT2D eigenvalue weighted by molar-refractivity contribution is 5.82. The number of imidazole rings is 1. The Morgan fingerprint density at radius 3 is 2.97 bits per heavy atom. The maximum Gasteiger partial charge on any atom is 0.224 e. The van der Waals surface area contributed by atoms with Crippen LogP contribution in [0.1, 0.15) is 29.5 Å². The molecule has 0 radical (unpaired) electrons. The first-order valence-electron chi connectivity index (χ1n) is 10.3. The molecule has 0 unspecified atom stereocenters. The summed E-state index contributed by atoms with van der Waals surface area (Å²) in [5.41, 5.74) is 4.15. The average molecular weight is 390 g/mol. The minimum Gasteiger partial charge on any atom is -0.371 e. The molecule has 5 rings (SSSR count). The number of H-pyrrole nitrogens is 1. The number of aromatic amines is 1. The molecular weight excluding hydrogens is 364 g/mol. The third-order valence-corrected chi connectivity index (χ3v) is 5.98. The van der Waals surface area contributed by atoms with Crippen molar-refractivity contribution >= 4 is 16.9 Å². The van der Waals surface area contributed by atoms with Gasteiger partial charge >= 0.3 is 0 Å². The number of morpholine rings is 1. The molecule has 3 atom stereocenters. The number of carbonyl (C=O) groups is 1. The number of benzene rings is 2. The van der Waals surface area contributed by atoms with Gasteiger partial charge in [0, 0.05) is 25.2 Å². The van der Waals surface area contributed by atoms with E-state index in [0.29, 0.717) is 12.5 Å². The summed E-state index contributed by atoms with van der Waals surface area (Å²) < 4.78 is 6.11. The van der Waals surface area contributed by atoms with E-state index in [1.165, 1.54) is 5.56 Å². The van der Waals surface area contributed by atoms with Crippen LogP contribution in [0.25, 0.3) is 11.0 Å². The lowest BCUT2D eigenvalue weighted by Crippen LogP contribution is -2.43. The van der Waals surface area contributed by atoms with E-state index >= 15 is 0 Å². The highest BCUT2D eigenvalue weighted by Crippen LogP contribution is 2.30. The molecule has 3 heterocycles. The van der Waals surface area contributed by atoms with E-state index < -0.39 is 0 Å². The number of hydrogen-bond donors (Lipinski definition) is 2. The minimum absolute atomic E-state index is 0.0750. The summed E-state index contributed by atoms with van der Waals surface area (Å²) in [5.74, 6) is 0.964. The third kappa shape index (κ3) is 3.91. The zero-order valence-corrected chi connectivity index (χ0v) is 16.6. The van der Waals surface area contributed by atoms with E-state index in [1.54, 1.807) is 0 Å². The molecule has 2 saturated heterocycles. The van der Waals surface area contributed by atoms with Gasteiger partial charge in [-0.3, -0.25) is 9.69 Å². The second kappa shape index (κ2) is 7.61. The Morgan fingerprint density at radius 2 is 2.10 bits per heavy atom. The lowest BCUT2D eigenvalue weighted by Gasteiger charge is -2.35. The van der Waals surface area contributed by atoms with Crippen molar-refractivity contribution in [3.05, 3.63) is 65.5 Å². The quantitative estimate of drug-likeness (QED) is 0.719. The standard InChI is InChI=1S/C23H26N4O2/c1-15-24-20-8-7-16(9-21(20)25-15)10-23(28)26-18-11-19-14-29-22(13-27(19)12-18)17-5-3-2-4-6-17/h2-9,18-19,22H,10-14H2,1H3,(H,24,25)(H,26,28)/t18-,19+,22-/m1/s1. The summed E-state index contributed by atoms with van der Waals surface area (Å²) in [5, 5.41) is 3.23. The summed E-state index contributed by atoms with van der Waals surface area (Å²) in [4.78, 5) is 22.7. The molecular formula is C23H26N4O2. The fourth-order valence-corrected chi connectivity index (χ4v) is 4.61. The molecule has 0 saturated carbocycles. The van der Waals surface area contributed by atoms with E-state index in [9.17, 15) is 4.79 Å². The molecule has 29 heavy (non-hydrogen) atoms. The van der Waals surface area contributed by atoms with Gasteiger partial charge in [0.25, 0.3) is 0 Å². The Labute approximate surface area is 170 Å². The molecule has 2 fully saturated rings. The molecule has 2 aliphatic heterocycles. The summed E-state index contributed by atoms with van der Waals surface area (Å²) in [6.07, 6.45) is 1.45. The van der Waals surface area contributed by atoms with Crippen LogP contribution in [-0.2, 0) is 16.0 Å².